The molecule has 1 aromatic rings. The highest BCUT2D eigenvalue weighted by Gasteiger charge is 2.39. The molecule has 1 heterocycles. The molecule has 0 aliphatic carbocycles. The summed E-state index contributed by atoms with van der Waals surface area (Å²) in [7, 11) is -4.30. The van der Waals surface area contributed by atoms with Crippen molar-refractivity contribution in [2.75, 3.05) is 26.2 Å². The fourth-order valence-corrected chi connectivity index (χ4v) is 4.32. The van der Waals surface area contributed by atoms with Gasteiger partial charge in [0, 0.05) is 19.6 Å². The number of rotatable bonds is 5. The van der Waals surface area contributed by atoms with Gasteiger partial charge in [0.25, 0.3) is 0 Å². The van der Waals surface area contributed by atoms with Crippen LogP contribution in [0.1, 0.15) is 53.5 Å². The van der Waals surface area contributed by atoms with Crippen LogP contribution in [0.4, 0.5) is 9.59 Å². The van der Waals surface area contributed by atoms with E-state index in [0.717, 1.165) is 0 Å². The molecule has 0 bridgehead atoms. The number of halogens is 2. The van der Waals surface area contributed by atoms with Crippen molar-refractivity contribution in [3.63, 3.8) is 0 Å². The number of nitrogens with one attached hydrogen (secondary N) is 2. The van der Waals surface area contributed by atoms with E-state index in [4.69, 9.17) is 37.4 Å². The highest BCUT2D eigenvalue weighted by molar-refractivity contribution is 7.88. The molecule has 0 spiro atoms. The fraction of sp³-hybridized carbons (Fsp3) is 0.636. The van der Waals surface area contributed by atoms with Crippen LogP contribution < -0.4 is 9.44 Å². The monoisotopic (exact) mass is 553 g/mol. The maximum Gasteiger partial charge on any atom is 0.422 e. The number of carbonyl (C=O) groups excluding carboxylic acids is 2. The molecule has 1 aromatic carbocycles. The van der Waals surface area contributed by atoms with Gasteiger partial charge in [-0.15, -0.1) is 0 Å². The fourth-order valence-electron chi connectivity index (χ4n) is 3.26. The summed E-state index contributed by atoms with van der Waals surface area (Å²) >= 11 is 12.3. The van der Waals surface area contributed by atoms with Crippen molar-refractivity contribution in [1.82, 2.24) is 14.3 Å². The molecule has 0 radical (unpaired) electrons. The number of carbonyl (C=O) groups is 2. The average Bonchev–Trinajstić information content (AvgIpc) is 2.89. The molecule has 35 heavy (non-hydrogen) atoms. The normalized spacial score (nSPS) is 19.6. The maximum absolute atomic E-state index is 12.6. The van der Waals surface area contributed by atoms with Gasteiger partial charge in [0.05, 0.1) is 16.7 Å². The lowest BCUT2D eigenvalue weighted by Gasteiger charge is -2.33. The van der Waals surface area contributed by atoms with Crippen molar-refractivity contribution in [3.05, 3.63) is 33.8 Å². The van der Waals surface area contributed by atoms with Crippen LogP contribution in [0, 0.1) is 0 Å². The molecule has 0 aromatic heterocycles. The lowest BCUT2D eigenvalue weighted by molar-refractivity contribution is -0.0389. The first-order valence-corrected chi connectivity index (χ1v) is 13.2. The Morgan fingerprint density at radius 2 is 1.69 bits per heavy atom. The lowest BCUT2D eigenvalue weighted by Crippen LogP contribution is -2.49. The molecule has 1 unspecified atom stereocenters. The minimum Gasteiger partial charge on any atom is -0.444 e. The Bertz CT molecular complexity index is 1040. The van der Waals surface area contributed by atoms with E-state index >= 15 is 0 Å². The summed E-state index contributed by atoms with van der Waals surface area (Å²) in [4.78, 5) is 26.1. The van der Waals surface area contributed by atoms with Crippen molar-refractivity contribution in [3.8, 4) is 0 Å². The zero-order chi connectivity index (χ0) is 26.7. The van der Waals surface area contributed by atoms with Crippen molar-refractivity contribution in [2.24, 2.45) is 0 Å². The summed E-state index contributed by atoms with van der Waals surface area (Å²) in [6.07, 6.45) is -1.41. The van der Waals surface area contributed by atoms with E-state index in [-0.39, 0.29) is 37.7 Å². The van der Waals surface area contributed by atoms with Gasteiger partial charge in [-0.05, 0) is 65.7 Å². The third kappa shape index (κ3) is 9.30. The predicted octanol–water partition coefficient (Wildman–Crippen LogP) is 4.21. The Morgan fingerprint density at radius 3 is 2.26 bits per heavy atom. The SMILES string of the molecule is CC(C)(C)OC(=O)NS(=O)(=O)NCC1(c2ccc(Cl)c(Cl)c2)CCN(C(=O)OC(C)(C)C)CCO1. The molecular formula is C22H33Cl2N3O7S. The van der Waals surface area contributed by atoms with Crippen LogP contribution in [-0.2, 0) is 30.0 Å². The molecule has 1 fully saturated rings. The maximum atomic E-state index is 12.6. The molecule has 1 aliphatic rings. The summed E-state index contributed by atoms with van der Waals surface area (Å²) in [6, 6.07) is 4.84. The highest BCUT2D eigenvalue weighted by Crippen LogP contribution is 2.35. The smallest absolute Gasteiger partial charge is 0.422 e. The molecule has 1 aliphatic heterocycles. The molecule has 10 nitrogen and oxygen atoms in total. The van der Waals surface area contributed by atoms with Crippen LogP contribution in [0.3, 0.4) is 0 Å². The second kappa shape index (κ2) is 11.1. The van der Waals surface area contributed by atoms with E-state index in [2.05, 4.69) is 4.72 Å². The first-order chi connectivity index (χ1) is 15.9. The Balaban J connectivity index is 2.27. The molecule has 0 saturated carbocycles. The van der Waals surface area contributed by atoms with Crippen molar-refractivity contribution in [2.45, 2.75) is 64.8 Å². The van der Waals surface area contributed by atoms with Crippen LogP contribution >= 0.6 is 23.2 Å². The molecule has 198 valence electrons. The van der Waals surface area contributed by atoms with E-state index in [1.54, 1.807) is 59.7 Å². The Kier molecular flexibility index (Phi) is 9.32. The average molecular weight is 554 g/mol. The van der Waals surface area contributed by atoms with E-state index in [9.17, 15) is 18.0 Å². The van der Waals surface area contributed by atoms with Crippen LogP contribution in [-0.4, -0.2) is 62.9 Å². The van der Waals surface area contributed by atoms with Crippen molar-refractivity contribution in [1.29, 1.82) is 0 Å². The van der Waals surface area contributed by atoms with Gasteiger partial charge in [0.15, 0.2) is 0 Å². The van der Waals surface area contributed by atoms with Gasteiger partial charge in [-0.25, -0.2) is 14.3 Å². The lowest BCUT2D eigenvalue weighted by atomic mass is 9.90. The van der Waals surface area contributed by atoms with E-state index < -0.39 is 39.2 Å². The Morgan fingerprint density at radius 1 is 1.06 bits per heavy atom. The molecule has 2 rings (SSSR count). The highest BCUT2D eigenvalue weighted by atomic mass is 35.5. The minimum atomic E-state index is -4.30. The quantitative estimate of drug-likeness (QED) is 0.559. The number of amides is 2. The number of hydrogen-bond donors (Lipinski definition) is 2. The number of nitrogens with zero attached hydrogens (tertiary/aromatic N) is 1. The molecule has 1 saturated heterocycles. The van der Waals surface area contributed by atoms with Crippen molar-refractivity contribution >= 4 is 45.6 Å². The van der Waals surface area contributed by atoms with Crippen LogP contribution in [0.5, 0.6) is 0 Å². The Hall–Kier alpha value is -1.79. The molecule has 2 amide bonds. The van der Waals surface area contributed by atoms with Gasteiger partial charge >= 0.3 is 22.4 Å². The van der Waals surface area contributed by atoms with Crippen LogP contribution in [0.25, 0.3) is 0 Å². The van der Waals surface area contributed by atoms with Crippen molar-refractivity contribution < 1.29 is 32.2 Å². The van der Waals surface area contributed by atoms with Crippen LogP contribution in [0.2, 0.25) is 10.0 Å². The molecule has 2 N–H and O–H groups in total. The number of ether oxygens (including phenoxy) is 3. The number of benzene rings is 1. The summed E-state index contributed by atoms with van der Waals surface area (Å²) in [6.45, 7) is 10.4. The van der Waals surface area contributed by atoms with Gasteiger partial charge in [0.1, 0.15) is 16.8 Å². The van der Waals surface area contributed by atoms with Gasteiger partial charge in [-0.2, -0.15) is 13.1 Å². The zero-order valence-corrected chi connectivity index (χ0v) is 23.1. The predicted molar refractivity (Wildman–Crippen MR) is 133 cm³/mol. The zero-order valence-electron chi connectivity index (χ0n) is 20.7. The third-order valence-corrected chi connectivity index (χ3v) is 6.49. The van der Waals surface area contributed by atoms with Gasteiger partial charge < -0.3 is 19.1 Å². The second-order valence-electron chi connectivity index (χ2n) is 10.1. The minimum absolute atomic E-state index is 0.0979. The number of hydrogen-bond acceptors (Lipinski definition) is 7. The summed E-state index contributed by atoms with van der Waals surface area (Å²) < 4.78 is 45.9. The molecule has 13 heteroatoms. The first kappa shape index (κ1) is 29.4. The molecule has 1 atom stereocenters. The summed E-state index contributed by atoms with van der Waals surface area (Å²) in [5.41, 5.74) is -2.21. The van der Waals surface area contributed by atoms with Gasteiger partial charge in [0.2, 0.25) is 0 Å². The largest absolute Gasteiger partial charge is 0.444 e. The van der Waals surface area contributed by atoms with Gasteiger partial charge in [-0.1, -0.05) is 29.3 Å². The van der Waals surface area contributed by atoms with E-state index in [1.165, 1.54) is 4.90 Å². The third-order valence-electron chi connectivity index (χ3n) is 4.79. The Labute approximate surface area is 216 Å². The van der Waals surface area contributed by atoms with Crippen LogP contribution in [0.15, 0.2) is 18.2 Å². The summed E-state index contributed by atoms with van der Waals surface area (Å²) in [5, 5.41) is 0.580. The standard InChI is InChI=1S/C22H33Cl2N3O7S/c1-20(2,3)33-18(28)26-35(30,31)25-14-22(15-7-8-16(23)17(24)13-15)9-10-27(11-12-32-22)19(29)34-21(4,5)6/h7-8,13,25H,9-12,14H2,1-6H3,(H,26,28). The first-order valence-electron chi connectivity index (χ1n) is 11.0. The summed E-state index contributed by atoms with van der Waals surface area (Å²) in [5.74, 6) is 0. The van der Waals surface area contributed by atoms with E-state index in [1.807, 2.05) is 4.72 Å². The topological polar surface area (TPSA) is 123 Å². The second-order valence-corrected chi connectivity index (χ2v) is 12.4. The van der Waals surface area contributed by atoms with Gasteiger partial charge in [-0.3, -0.25) is 0 Å². The van der Waals surface area contributed by atoms with E-state index in [0.29, 0.717) is 10.6 Å². The molecular weight excluding hydrogens is 521 g/mol.